The second-order valence-electron chi connectivity index (χ2n) is 6.61. The molecule has 0 saturated carbocycles. The van der Waals surface area contributed by atoms with Crippen molar-refractivity contribution in [1.82, 2.24) is 0 Å². The summed E-state index contributed by atoms with van der Waals surface area (Å²) in [4.78, 5) is 13.4. The molecule has 0 atom stereocenters. The van der Waals surface area contributed by atoms with E-state index < -0.39 is 15.9 Å². The van der Waals surface area contributed by atoms with E-state index in [1.807, 2.05) is 26.8 Å². The van der Waals surface area contributed by atoms with Crippen molar-refractivity contribution in [3.05, 3.63) is 89.5 Å². The summed E-state index contributed by atoms with van der Waals surface area (Å²) < 4.78 is 33.0. The predicted molar refractivity (Wildman–Crippen MR) is 114 cm³/mol. The highest BCUT2D eigenvalue weighted by molar-refractivity contribution is 7.93. The Morgan fingerprint density at radius 1 is 0.897 bits per heavy atom. The van der Waals surface area contributed by atoms with Gasteiger partial charge in [-0.05, 0) is 80.4 Å². The van der Waals surface area contributed by atoms with E-state index in [0.29, 0.717) is 17.9 Å². The van der Waals surface area contributed by atoms with Crippen LogP contribution in [0, 0.1) is 13.8 Å². The van der Waals surface area contributed by atoms with Crippen LogP contribution in [-0.4, -0.2) is 20.9 Å². The van der Waals surface area contributed by atoms with Crippen molar-refractivity contribution in [2.75, 3.05) is 10.9 Å². The fraction of sp³-hybridized carbons (Fsp3) is 0.174. The van der Waals surface area contributed by atoms with Crippen LogP contribution in [0.2, 0.25) is 0 Å². The molecule has 0 aliphatic heterocycles. The highest BCUT2D eigenvalue weighted by atomic mass is 32.2. The molecular weight excluding hydrogens is 386 g/mol. The quantitative estimate of drug-likeness (QED) is 0.590. The maximum Gasteiger partial charge on any atom is 0.272 e. The molecule has 0 N–H and O–H groups in total. The summed E-state index contributed by atoms with van der Waals surface area (Å²) in [7, 11) is -4.11. The molecule has 0 aromatic heterocycles. The standard InChI is InChI=1S/C23H23NO4S/c1-4-28-21-14-12-20(13-15-21)24(29(26,27)22-8-6-5-7-9-22)23(25)19-11-10-17(2)18(3)16-19/h5-16H,4H2,1-3H3. The molecule has 0 saturated heterocycles. The fourth-order valence-corrected chi connectivity index (χ4v) is 4.33. The molecule has 3 aromatic rings. The maximum atomic E-state index is 13.4. The minimum Gasteiger partial charge on any atom is -0.494 e. The summed E-state index contributed by atoms with van der Waals surface area (Å²) in [5, 5.41) is 0. The zero-order valence-corrected chi connectivity index (χ0v) is 17.4. The first-order valence-corrected chi connectivity index (χ1v) is 10.7. The van der Waals surface area contributed by atoms with Crippen molar-refractivity contribution in [1.29, 1.82) is 0 Å². The average molecular weight is 410 g/mol. The van der Waals surface area contributed by atoms with E-state index in [9.17, 15) is 13.2 Å². The summed E-state index contributed by atoms with van der Waals surface area (Å²) in [5.41, 5.74) is 2.50. The summed E-state index contributed by atoms with van der Waals surface area (Å²) in [6.45, 7) is 6.18. The number of carbonyl (C=O) groups excluding carboxylic acids is 1. The van der Waals surface area contributed by atoms with Gasteiger partial charge in [-0.3, -0.25) is 4.79 Å². The van der Waals surface area contributed by atoms with Crippen LogP contribution in [0.5, 0.6) is 5.75 Å². The Hall–Kier alpha value is -3.12. The van der Waals surface area contributed by atoms with Crippen LogP contribution in [0.25, 0.3) is 0 Å². The predicted octanol–water partition coefficient (Wildman–Crippen LogP) is 4.74. The first-order chi connectivity index (χ1) is 13.8. The van der Waals surface area contributed by atoms with Crippen LogP contribution < -0.4 is 9.04 Å². The van der Waals surface area contributed by atoms with E-state index in [0.717, 1.165) is 15.4 Å². The third-order valence-electron chi connectivity index (χ3n) is 4.60. The Balaban J connectivity index is 2.13. The van der Waals surface area contributed by atoms with Gasteiger partial charge in [0.2, 0.25) is 0 Å². The minimum atomic E-state index is -4.11. The molecule has 0 bridgehead atoms. The van der Waals surface area contributed by atoms with E-state index in [2.05, 4.69) is 0 Å². The number of nitrogens with zero attached hydrogens (tertiary/aromatic N) is 1. The van der Waals surface area contributed by atoms with Crippen LogP contribution in [0.4, 0.5) is 5.69 Å². The molecule has 0 aliphatic carbocycles. The summed E-state index contributed by atoms with van der Waals surface area (Å²) in [6, 6.07) is 19.6. The lowest BCUT2D eigenvalue weighted by Crippen LogP contribution is -2.37. The number of anilines is 1. The van der Waals surface area contributed by atoms with Crippen LogP contribution in [0.3, 0.4) is 0 Å². The molecule has 0 fully saturated rings. The highest BCUT2D eigenvalue weighted by Gasteiger charge is 2.32. The van der Waals surface area contributed by atoms with Gasteiger partial charge in [-0.25, -0.2) is 8.42 Å². The lowest BCUT2D eigenvalue weighted by Gasteiger charge is -2.23. The molecule has 6 heteroatoms. The molecule has 3 aromatic carbocycles. The Morgan fingerprint density at radius 2 is 1.55 bits per heavy atom. The van der Waals surface area contributed by atoms with E-state index in [1.54, 1.807) is 54.6 Å². The first kappa shape index (κ1) is 20.6. The van der Waals surface area contributed by atoms with E-state index in [4.69, 9.17) is 4.74 Å². The zero-order chi connectivity index (χ0) is 21.0. The van der Waals surface area contributed by atoms with Crippen LogP contribution in [-0.2, 0) is 10.0 Å². The summed E-state index contributed by atoms with van der Waals surface area (Å²) in [5.74, 6) is -0.00643. The third-order valence-corrected chi connectivity index (χ3v) is 6.33. The molecule has 150 valence electrons. The SMILES string of the molecule is CCOc1ccc(N(C(=O)c2ccc(C)c(C)c2)S(=O)(=O)c2ccccc2)cc1. The third kappa shape index (κ3) is 4.32. The van der Waals surface area contributed by atoms with Crippen LogP contribution in [0.15, 0.2) is 77.7 Å². The van der Waals surface area contributed by atoms with Crippen LogP contribution in [0.1, 0.15) is 28.4 Å². The number of hydrogen-bond acceptors (Lipinski definition) is 4. The van der Waals surface area contributed by atoms with Gasteiger partial charge in [0.1, 0.15) is 5.75 Å². The smallest absolute Gasteiger partial charge is 0.272 e. The van der Waals surface area contributed by atoms with Gasteiger partial charge in [0, 0.05) is 5.56 Å². The van der Waals surface area contributed by atoms with Crippen molar-refractivity contribution in [2.45, 2.75) is 25.7 Å². The fourth-order valence-electron chi connectivity index (χ4n) is 2.90. The molecule has 5 nitrogen and oxygen atoms in total. The number of carbonyl (C=O) groups is 1. The van der Waals surface area contributed by atoms with Crippen molar-refractivity contribution in [2.24, 2.45) is 0 Å². The van der Waals surface area contributed by atoms with Gasteiger partial charge in [0.25, 0.3) is 15.9 Å². The molecule has 29 heavy (non-hydrogen) atoms. The number of aryl methyl sites for hydroxylation is 2. The first-order valence-electron chi connectivity index (χ1n) is 9.29. The molecule has 0 aliphatic rings. The molecule has 1 amide bonds. The Labute approximate surface area is 171 Å². The largest absolute Gasteiger partial charge is 0.494 e. The number of rotatable bonds is 6. The molecule has 3 rings (SSSR count). The van der Waals surface area contributed by atoms with E-state index in [-0.39, 0.29) is 10.6 Å². The van der Waals surface area contributed by atoms with E-state index >= 15 is 0 Å². The van der Waals surface area contributed by atoms with Crippen molar-refractivity contribution in [3.8, 4) is 5.75 Å². The molecule has 0 unspecified atom stereocenters. The number of sulfonamides is 1. The molecule has 0 spiro atoms. The second kappa shape index (κ2) is 8.49. The second-order valence-corrected chi connectivity index (χ2v) is 8.40. The average Bonchev–Trinajstić information content (AvgIpc) is 2.72. The Morgan fingerprint density at radius 3 is 2.14 bits per heavy atom. The van der Waals surface area contributed by atoms with Gasteiger partial charge in [0.05, 0.1) is 17.2 Å². The van der Waals surface area contributed by atoms with Gasteiger partial charge in [-0.15, -0.1) is 0 Å². The summed E-state index contributed by atoms with van der Waals surface area (Å²) in [6.07, 6.45) is 0. The number of amides is 1. The minimum absolute atomic E-state index is 0.0473. The Bertz CT molecular complexity index is 1110. The number of hydrogen-bond donors (Lipinski definition) is 0. The van der Waals surface area contributed by atoms with Crippen molar-refractivity contribution in [3.63, 3.8) is 0 Å². The van der Waals surface area contributed by atoms with Gasteiger partial charge >= 0.3 is 0 Å². The lowest BCUT2D eigenvalue weighted by molar-refractivity contribution is 0.100. The number of ether oxygens (including phenoxy) is 1. The molecule has 0 radical (unpaired) electrons. The van der Waals surface area contributed by atoms with Crippen molar-refractivity contribution < 1.29 is 17.9 Å². The van der Waals surface area contributed by atoms with Crippen molar-refractivity contribution >= 4 is 21.6 Å². The van der Waals surface area contributed by atoms with Gasteiger partial charge in [0.15, 0.2) is 0 Å². The van der Waals surface area contributed by atoms with Crippen LogP contribution >= 0.6 is 0 Å². The Kier molecular flexibility index (Phi) is 6.03. The van der Waals surface area contributed by atoms with Gasteiger partial charge in [-0.2, -0.15) is 4.31 Å². The normalized spacial score (nSPS) is 11.1. The maximum absolute atomic E-state index is 13.4. The number of benzene rings is 3. The van der Waals surface area contributed by atoms with Gasteiger partial charge in [-0.1, -0.05) is 24.3 Å². The van der Waals surface area contributed by atoms with Gasteiger partial charge < -0.3 is 4.74 Å². The molecular formula is C23H23NO4S. The highest BCUT2D eigenvalue weighted by Crippen LogP contribution is 2.28. The summed E-state index contributed by atoms with van der Waals surface area (Å²) >= 11 is 0. The van der Waals surface area contributed by atoms with E-state index in [1.165, 1.54) is 12.1 Å². The lowest BCUT2D eigenvalue weighted by atomic mass is 10.1. The zero-order valence-electron chi connectivity index (χ0n) is 16.6. The monoisotopic (exact) mass is 409 g/mol. The molecule has 0 heterocycles. The topological polar surface area (TPSA) is 63.7 Å².